The van der Waals surface area contributed by atoms with Gasteiger partial charge in [-0.25, -0.2) is 4.79 Å². The minimum absolute atomic E-state index is 0.0536. The first kappa shape index (κ1) is 20.6. The van der Waals surface area contributed by atoms with Crippen LogP contribution in [0.5, 0.6) is 11.5 Å². The molecule has 0 radical (unpaired) electrons. The van der Waals surface area contributed by atoms with E-state index in [4.69, 9.17) is 13.9 Å². The van der Waals surface area contributed by atoms with Crippen LogP contribution in [0.1, 0.15) is 63.4 Å². The van der Waals surface area contributed by atoms with Gasteiger partial charge in [0.05, 0.1) is 18.4 Å². The van der Waals surface area contributed by atoms with Gasteiger partial charge in [0, 0.05) is 4.88 Å². The lowest BCUT2D eigenvalue weighted by atomic mass is 9.88. The minimum atomic E-state index is -0.601. The van der Waals surface area contributed by atoms with Gasteiger partial charge in [0.15, 0.2) is 11.5 Å². The predicted molar refractivity (Wildman–Crippen MR) is 121 cm³/mol. The van der Waals surface area contributed by atoms with Crippen LogP contribution in [-0.2, 0) is 12.8 Å². The molecule has 3 heterocycles. The molecule has 0 fully saturated rings. The Morgan fingerprint density at radius 1 is 1.25 bits per heavy atom. The largest absolute Gasteiger partial charge is 0.490 e. The van der Waals surface area contributed by atoms with E-state index in [2.05, 4.69) is 17.6 Å². The van der Waals surface area contributed by atoms with Gasteiger partial charge in [-0.1, -0.05) is 13.0 Å². The highest BCUT2D eigenvalue weighted by Gasteiger charge is 2.33. The summed E-state index contributed by atoms with van der Waals surface area (Å²) in [6, 6.07) is 8.43. The van der Waals surface area contributed by atoms with Crippen molar-refractivity contribution in [1.82, 2.24) is 5.32 Å². The number of furan rings is 1. The Bertz CT molecular complexity index is 1170. The van der Waals surface area contributed by atoms with E-state index < -0.39 is 12.1 Å². The number of anilines is 1. The summed E-state index contributed by atoms with van der Waals surface area (Å²) in [7, 11) is 0. The van der Waals surface area contributed by atoms with Gasteiger partial charge in [-0.15, -0.1) is 11.3 Å². The topological polar surface area (TPSA) is 89.8 Å². The number of fused-ring (bicyclic) bond motifs is 3. The Labute approximate surface area is 189 Å². The van der Waals surface area contributed by atoms with E-state index in [0.29, 0.717) is 24.0 Å². The molecule has 1 aliphatic carbocycles. The molecule has 7 nitrogen and oxygen atoms in total. The van der Waals surface area contributed by atoms with Gasteiger partial charge in [-0.05, 0) is 67.5 Å². The Kier molecular flexibility index (Phi) is 5.38. The second kappa shape index (κ2) is 8.35. The molecular weight excluding hydrogens is 428 g/mol. The van der Waals surface area contributed by atoms with E-state index in [1.165, 1.54) is 22.8 Å². The number of carbonyl (C=O) groups is 2. The Balaban J connectivity index is 1.41. The Morgan fingerprint density at radius 3 is 2.91 bits per heavy atom. The maximum Gasteiger partial charge on any atom is 0.379 e. The van der Waals surface area contributed by atoms with Crippen LogP contribution in [0.25, 0.3) is 0 Å². The average Bonchev–Trinajstić information content (AvgIpc) is 3.42. The van der Waals surface area contributed by atoms with Crippen LogP contribution < -0.4 is 20.1 Å². The maximum absolute atomic E-state index is 13.0. The molecule has 0 bridgehead atoms. The second-order valence-corrected chi connectivity index (χ2v) is 9.22. The highest BCUT2D eigenvalue weighted by atomic mass is 32.1. The summed E-state index contributed by atoms with van der Waals surface area (Å²) in [5.74, 6) is 0.817. The summed E-state index contributed by atoms with van der Waals surface area (Å²) in [5, 5.41) is 7.46. The zero-order chi connectivity index (χ0) is 22.2. The van der Waals surface area contributed by atoms with Crippen LogP contribution in [0.3, 0.4) is 0 Å². The van der Waals surface area contributed by atoms with Crippen molar-refractivity contribution in [3.63, 3.8) is 0 Å². The van der Waals surface area contributed by atoms with Gasteiger partial charge in [-0.2, -0.15) is 0 Å². The summed E-state index contributed by atoms with van der Waals surface area (Å²) in [4.78, 5) is 26.6. The molecule has 8 heteroatoms. The van der Waals surface area contributed by atoms with Crippen molar-refractivity contribution in [3.8, 4) is 11.5 Å². The molecule has 3 aromatic rings. The lowest BCUT2D eigenvalue weighted by molar-refractivity contribution is 0.0695. The quantitative estimate of drug-likeness (QED) is 0.421. The van der Waals surface area contributed by atoms with Gasteiger partial charge in [0.2, 0.25) is 5.76 Å². The van der Waals surface area contributed by atoms with Crippen molar-refractivity contribution >= 4 is 28.2 Å². The fourth-order valence-corrected chi connectivity index (χ4v) is 5.67. The minimum Gasteiger partial charge on any atom is -0.490 e. The number of esters is 1. The molecule has 2 N–H and O–H groups in total. The van der Waals surface area contributed by atoms with E-state index in [1.54, 1.807) is 29.5 Å². The molecule has 0 unspecified atom stereocenters. The zero-order valence-electron chi connectivity index (χ0n) is 17.9. The van der Waals surface area contributed by atoms with E-state index in [-0.39, 0.29) is 11.7 Å². The second-order valence-electron chi connectivity index (χ2n) is 8.11. The van der Waals surface area contributed by atoms with Crippen molar-refractivity contribution in [2.75, 3.05) is 11.9 Å². The Morgan fingerprint density at radius 2 is 2.12 bits per heavy atom. The predicted octanol–water partition coefficient (Wildman–Crippen LogP) is 4.94. The molecule has 0 spiro atoms. The van der Waals surface area contributed by atoms with Crippen LogP contribution in [0.4, 0.5) is 5.00 Å². The standard InChI is InChI=1S/C24H24N2O5S/c1-3-29-18-12-14(7-9-16(18)31-24(28)17-5-4-10-30-17)21-25-22(27)20-15-8-6-13(2)11-19(15)32-23(20)26-21/h4-5,7,9-10,12-13,21,26H,3,6,8,11H2,1-2H3,(H,25,27)/t13-,21-/m0/s1. The number of hydrogen-bond acceptors (Lipinski definition) is 7. The van der Waals surface area contributed by atoms with Gasteiger partial charge in [0.25, 0.3) is 5.91 Å². The lowest BCUT2D eigenvalue weighted by Crippen LogP contribution is -2.38. The van der Waals surface area contributed by atoms with Crippen LogP contribution >= 0.6 is 11.3 Å². The third kappa shape index (κ3) is 3.75. The molecule has 2 aromatic heterocycles. The monoisotopic (exact) mass is 452 g/mol. The molecule has 1 amide bonds. The van der Waals surface area contributed by atoms with E-state index in [1.807, 2.05) is 13.0 Å². The maximum atomic E-state index is 13.0. The number of amides is 1. The first-order valence-corrected chi connectivity index (χ1v) is 11.6. The third-order valence-corrected chi connectivity index (χ3v) is 7.00. The van der Waals surface area contributed by atoms with Crippen molar-refractivity contribution in [3.05, 3.63) is 63.9 Å². The molecule has 0 saturated carbocycles. The van der Waals surface area contributed by atoms with Crippen molar-refractivity contribution in [2.45, 2.75) is 39.3 Å². The van der Waals surface area contributed by atoms with Crippen molar-refractivity contribution < 1.29 is 23.5 Å². The molecule has 1 aliphatic heterocycles. The number of rotatable bonds is 5. The first-order valence-electron chi connectivity index (χ1n) is 10.8. The smallest absolute Gasteiger partial charge is 0.379 e. The number of carbonyl (C=O) groups excluding carboxylic acids is 2. The molecule has 0 saturated heterocycles. The van der Waals surface area contributed by atoms with Crippen LogP contribution in [0.2, 0.25) is 0 Å². The molecule has 166 valence electrons. The van der Waals surface area contributed by atoms with Gasteiger partial charge in [0.1, 0.15) is 11.2 Å². The summed E-state index contributed by atoms with van der Waals surface area (Å²) in [6.07, 6.45) is 4.10. The number of hydrogen-bond donors (Lipinski definition) is 2. The molecule has 5 rings (SSSR count). The third-order valence-electron chi connectivity index (χ3n) is 5.82. The highest BCUT2D eigenvalue weighted by molar-refractivity contribution is 7.16. The van der Waals surface area contributed by atoms with Gasteiger partial charge < -0.3 is 24.5 Å². The number of benzene rings is 1. The van der Waals surface area contributed by atoms with Crippen molar-refractivity contribution in [1.29, 1.82) is 0 Å². The summed E-state index contributed by atoms with van der Waals surface area (Å²) < 4.78 is 16.3. The molecule has 2 atom stereocenters. The van der Waals surface area contributed by atoms with Gasteiger partial charge in [-0.3, -0.25) is 4.79 Å². The fraction of sp³-hybridized carbons (Fsp3) is 0.333. The summed E-state index contributed by atoms with van der Waals surface area (Å²) in [6.45, 7) is 4.52. The van der Waals surface area contributed by atoms with E-state index in [9.17, 15) is 9.59 Å². The SMILES string of the molecule is CCOc1cc([C@H]2NC(=O)c3c(sc4c3CC[C@H](C)C4)N2)ccc1OC(=O)c1ccco1. The molecule has 32 heavy (non-hydrogen) atoms. The van der Waals surface area contributed by atoms with Crippen LogP contribution in [-0.4, -0.2) is 18.5 Å². The zero-order valence-corrected chi connectivity index (χ0v) is 18.7. The Hall–Kier alpha value is -3.26. The van der Waals surface area contributed by atoms with Gasteiger partial charge >= 0.3 is 5.97 Å². The fourth-order valence-electron chi connectivity index (χ4n) is 4.23. The molecular formula is C24H24N2O5S. The normalized spacial score (nSPS) is 19.4. The lowest BCUT2D eigenvalue weighted by Gasteiger charge is -2.27. The van der Waals surface area contributed by atoms with Crippen LogP contribution in [0.15, 0.2) is 41.0 Å². The van der Waals surface area contributed by atoms with E-state index >= 15 is 0 Å². The summed E-state index contributed by atoms with van der Waals surface area (Å²) >= 11 is 1.69. The van der Waals surface area contributed by atoms with Crippen LogP contribution in [0, 0.1) is 5.92 Å². The first-order chi connectivity index (χ1) is 15.5. The summed E-state index contributed by atoms with van der Waals surface area (Å²) in [5.41, 5.74) is 2.80. The average molecular weight is 453 g/mol. The number of nitrogens with one attached hydrogen (secondary N) is 2. The molecule has 2 aliphatic rings. The molecule has 1 aromatic carbocycles. The van der Waals surface area contributed by atoms with E-state index in [0.717, 1.165) is 35.4 Å². The number of thiophene rings is 1. The number of ether oxygens (including phenoxy) is 2. The highest BCUT2D eigenvalue weighted by Crippen LogP contribution is 2.43. The van der Waals surface area contributed by atoms with Crippen molar-refractivity contribution in [2.24, 2.45) is 5.92 Å².